The quantitative estimate of drug-likeness (QED) is 0.400. The molecule has 0 bridgehead atoms. The third-order valence-corrected chi connectivity index (χ3v) is 4.72. The molecule has 0 saturated heterocycles. The van der Waals surface area contributed by atoms with E-state index in [9.17, 15) is 19.2 Å². The van der Waals surface area contributed by atoms with E-state index < -0.39 is 17.8 Å². The minimum atomic E-state index is -0.846. The first kappa shape index (κ1) is 23.5. The van der Waals surface area contributed by atoms with Crippen LogP contribution in [0, 0.1) is 6.92 Å². The number of hydrogen-bond donors (Lipinski definition) is 1. The molecule has 33 heavy (non-hydrogen) atoms. The Balaban J connectivity index is 2.00. The van der Waals surface area contributed by atoms with Gasteiger partial charge in [0.1, 0.15) is 16.9 Å². The Kier molecular flexibility index (Phi) is 7.40. The van der Waals surface area contributed by atoms with Crippen LogP contribution in [0.25, 0.3) is 0 Å². The SMILES string of the molecule is CCOC(=O)c1c(C)oc(NC(=O)c2ccccc2C(=O)c2ccccc2)c1C(=O)OCC. The molecule has 170 valence electrons. The fraction of sp³-hybridized carbons (Fsp3) is 0.200. The highest BCUT2D eigenvalue weighted by Crippen LogP contribution is 2.29. The molecular formula is C25H23NO7. The van der Waals surface area contributed by atoms with Gasteiger partial charge in [0.2, 0.25) is 5.88 Å². The minimum Gasteiger partial charge on any atom is -0.462 e. The first-order valence-corrected chi connectivity index (χ1v) is 10.4. The molecule has 0 fully saturated rings. The Bertz CT molecular complexity index is 1190. The van der Waals surface area contributed by atoms with Gasteiger partial charge >= 0.3 is 11.9 Å². The molecule has 1 aromatic heterocycles. The number of carbonyl (C=O) groups is 4. The Labute approximate surface area is 190 Å². The number of hydrogen-bond acceptors (Lipinski definition) is 7. The standard InChI is InChI=1S/C25H23NO7/c1-4-31-24(29)19-15(3)33-23(20(19)25(30)32-5-2)26-22(28)18-14-10-9-13-17(18)21(27)16-11-7-6-8-12-16/h6-14H,4-5H2,1-3H3,(H,26,28). The number of carbonyl (C=O) groups excluding carboxylic acids is 4. The second-order valence-corrected chi connectivity index (χ2v) is 6.87. The molecule has 0 aliphatic rings. The average molecular weight is 449 g/mol. The molecule has 0 atom stereocenters. The topological polar surface area (TPSA) is 112 Å². The van der Waals surface area contributed by atoms with Gasteiger partial charge in [-0.3, -0.25) is 14.9 Å². The first-order valence-electron chi connectivity index (χ1n) is 10.4. The van der Waals surface area contributed by atoms with E-state index in [4.69, 9.17) is 13.9 Å². The van der Waals surface area contributed by atoms with Gasteiger partial charge in [-0.25, -0.2) is 9.59 Å². The van der Waals surface area contributed by atoms with Crippen LogP contribution >= 0.6 is 0 Å². The van der Waals surface area contributed by atoms with E-state index in [0.29, 0.717) is 5.56 Å². The Hall–Kier alpha value is -4.20. The summed E-state index contributed by atoms with van der Waals surface area (Å²) in [5.41, 5.74) is 0.302. The number of rotatable bonds is 8. The van der Waals surface area contributed by atoms with Crippen LogP contribution in [0.1, 0.15) is 66.6 Å². The van der Waals surface area contributed by atoms with Crippen molar-refractivity contribution in [3.63, 3.8) is 0 Å². The highest BCUT2D eigenvalue weighted by atomic mass is 16.5. The highest BCUT2D eigenvalue weighted by molar-refractivity contribution is 6.18. The van der Waals surface area contributed by atoms with Crippen molar-refractivity contribution in [1.29, 1.82) is 0 Å². The summed E-state index contributed by atoms with van der Waals surface area (Å²) < 4.78 is 15.6. The second kappa shape index (κ2) is 10.4. The summed E-state index contributed by atoms with van der Waals surface area (Å²) in [6.07, 6.45) is 0. The molecule has 0 aliphatic heterocycles. The second-order valence-electron chi connectivity index (χ2n) is 6.87. The highest BCUT2D eigenvalue weighted by Gasteiger charge is 2.32. The van der Waals surface area contributed by atoms with Gasteiger partial charge in [0.15, 0.2) is 5.78 Å². The van der Waals surface area contributed by atoms with E-state index in [0.717, 1.165) is 0 Å². The van der Waals surface area contributed by atoms with Crippen LogP contribution in [0.3, 0.4) is 0 Å². The van der Waals surface area contributed by atoms with Crippen LogP contribution in [-0.2, 0) is 9.47 Å². The van der Waals surface area contributed by atoms with Gasteiger partial charge in [-0.05, 0) is 26.8 Å². The maximum atomic E-state index is 13.1. The molecule has 0 radical (unpaired) electrons. The van der Waals surface area contributed by atoms with E-state index in [1.54, 1.807) is 56.3 Å². The summed E-state index contributed by atoms with van der Waals surface area (Å²) >= 11 is 0. The predicted octanol–water partition coefficient (Wildman–Crippen LogP) is 4.42. The summed E-state index contributed by atoms with van der Waals surface area (Å²) in [6, 6.07) is 14.8. The van der Waals surface area contributed by atoms with Crippen LogP contribution in [-0.4, -0.2) is 36.8 Å². The zero-order chi connectivity index (χ0) is 24.0. The number of ether oxygens (including phenoxy) is 2. The molecule has 1 heterocycles. The van der Waals surface area contributed by atoms with Crippen LogP contribution in [0.15, 0.2) is 59.0 Å². The maximum absolute atomic E-state index is 13.1. The van der Waals surface area contributed by atoms with Crippen LogP contribution < -0.4 is 5.32 Å². The van der Waals surface area contributed by atoms with Crippen molar-refractivity contribution >= 4 is 29.5 Å². The summed E-state index contributed by atoms with van der Waals surface area (Å²) in [5.74, 6) is -2.83. The van der Waals surface area contributed by atoms with Gasteiger partial charge in [0.25, 0.3) is 5.91 Å². The Morgan fingerprint density at radius 3 is 1.94 bits per heavy atom. The van der Waals surface area contributed by atoms with Gasteiger partial charge in [-0.1, -0.05) is 48.5 Å². The largest absolute Gasteiger partial charge is 0.462 e. The fourth-order valence-electron chi connectivity index (χ4n) is 3.27. The van der Waals surface area contributed by atoms with E-state index in [2.05, 4.69) is 5.32 Å². The van der Waals surface area contributed by atoms with Crippen molar-refractivity contribution in [2.24, 2.45) is 0 Å². The van der Waals surface area contributed by atoms with Crippen molar-refractivity contribution in [3.05, 3.63) is 88.2 Å². The van der Waals surface area contributed by atoms with E-state index >= 15 is 0 Å². The predicted molar refractivity (Wildman–Crippen MR) is 120 cm³/mol. The number of esters is 2. The van der Waals surface area contributed by atoms with E-state index in [1.165, 1.54) is 19.1 Å². The lowest BCUT2D eigenvalue weighted by Gasteiger charge is -2.10. The number of benzene rings is 2. The molecule has 3 rings (SSSR count). The molecule has 2 aromatic carbocycles. The average Bonchev–Trinajstić information content (AvgIpc) is 3.15. The lowest BCUT2D eigenvalue weighted by molar-refractivity contribution is 0.0480. The zero-order valence-electron chi connectivity index (χ0n) is 18.5. The van der Waals surface area contributed by atoms with Crippen LogP contribution in [0.4, 0.5) is 5.88 Å². The van der Waals surface area contributed by atoms with Crippen molar-refractivity contribution < 1.29 is 33.1 Å². The van der Waals surface area contributed by atoms with E-state index in [-0.39, 0.29) is 52.9 Å². The van der Waals surface area contributed by atoms with Gasteiger partial charge < -0.3 is 13.9 Å². The zero-order valence-corrected chi connectivity index (χ0v) is 18.5. The minimum absolute atomic E-state index is 0.0487. The molecule has 8 nitrogen and oxygen atoms in total. The summed E-state index contributed by atoms with van der Waals surface area (Å²) in [7, 11) is 0. The number of aryl methyl sites for hydroxylation is 1. The summed E-state index contributed by atoms with van der Waals surface area (Å²) in [6.45, 7) is 4.84. The molecule has 0 spiro atoms. The smallest absolute Gasteiger partial charge is 0.344 e. The molecule has 0 aliphatic carbocycles. The third kappa shape index (κ3) is 5.01. The lowest BCUT2D eigenvalue weighted by Crippen LogP contribution is -2.19. The maximum Gasteiger partial charge on any atom is 0.344 e. The molecule has 0 saturated carbocycles. The molecule has 1 amide bonds. The number of furan rings is 1. The molecule has 3 aromatic rings. The number of nitrogens with one attached hydrogen (secondary N) is 1. The molecule has 0 unspecified atom stereocenters. The van der Waals surface area contributed by atoms with Crippen LogP contribution in [0.2, 0.25) is 0 Å². The van der Waals surface area contributed by atoms with Crippen molar-refractivity contribution in [2.45, 2.75) is 20.8 Å². The van der Waals surface area contributed by atoms with Gasteiger partial charge in [0, 0.05) is 11.1 Å². The Morgan fingerprint density at radius 1 is 0.788 bits per heavy atom. The normalized spacial score (nSPS) is 10.4. The third-order valence-electron chi connectivity index (χ3n) is 4.72. The first-order chi connectivity index (χ1) is 15.9. The van der Waals surface area contributed by atoms with Gasteiger partial charge in [-0.15, -0.1) is 0 Å². The van der Waals surface area contributed by atoms with E-state index in [1.807, 2.05) is 0 Å². The molecule has 1 N–H and O–H groups in total. The summed E-state index contributed by atoms with van der Waals surface area (Å²) in [5, 5.41) is 2.50. The van der Waals surface area contributed by atoms with Gasteiger partial charge in [-0.2, -0.15) is 0 Å². The lowest BCUT2D eigenvalue weighted by atomic mass is 9.98. The number of ketones is 1. The van der Waals surface area contributed by atoms with Crippen LogP contribution in [0.5, 0.6) is 0 Å². The van der Waals surface area contributed by atoms with Crippen molar-refractivity contribution in [3.8, 4) is 0 Å². The summed E-state index contributed by atoms with van der Waals surface area (Å²) in [4.78, 5) is 51.1. The van der Waals surface area contributed by atoms with Gasteiger partial charge in [0.05, 0.1) is 18.8 Å². The molecular weight excluding hydrogens is 426 g/mol. The Morgan fingerprint density at radius 2 is 1.33 bits per heavy atom. The molecule has 8 heteroatoms. The fourth-order valence-corrected chi connectivity index (χ4v) is 3.27. The monoisotopic (exact) mass is 449 g/mol. The van der Waals surface area contributed by atoms with Crippen molar-refractivity contribution in [2.75, 3.05) is 18.5 Å². The number of anilines is 1. The van der Waals surface area contributed by atoms with Crippen molar-refractivity contribution in [1.82, 2.24) is 0 Å². The number of amides is 1.